The summed E-state index contributed by atoms with van der Waals surface area (Å²) in [4.78, 5) is 11.5. The highest BCUT2D eigenvalue weighted by Gasteiger charge is 2.29. The van der Waals surface area contributed by atoms with E-state index in [1.165, 1.54) is 0 Å². The molecule has 3 N–H and O–H groups in total. The normalized spacial score (nSPS) is 13.8. The molecule has 0 heterocycles. The molecule has 2 rings (SSSR count). The molecule has 88 valence electrons. The zero-order valence-corrected chi connectivity index (χ0v) is 9.84. The van der Waals surface area contributed by atoms with Crippen molar-refractivity contribution >= 4 is 29.7 Å². The summed E-state index contributed by atoms with van der Waals surface area (Å²) >= 11 is 0. The van der Waals surface area contributed by atoms with Crippen molar-refractivity contribution in [2.75, 3.05) is 18.2 Å². The van der Waals surface area contributed by atoms with Crippen molar-refractivity contribution in [3.63, 3.8) is 0 Å². The fraction of sp³-hybridized carbons (Fsp3) is 0.364. The lowest BCUT2D eigenvalue weighted by Gasteiger charge is -2.09. The number of anilines is 2. The molecule has 0 saturated heterocycles. The average Bonchev–Trinajstić information content (AvgIpc) is 3.04. The molecule has 5 heteroatoms. The summed E-state index contributed by atoms with van der Waals surface area (Å²) in [7, 11) is 1.58. The van der Waals surface area contributed by atoms with Crippen molar-refractivity contribution in [3.8, 4) is 5.75 Å². The van der Waals surface area contributed by atoms with E-state index >= 15 is 0 Å². The largest absolute Gasteiger partial charge is 0.497 e. The standard InChI is InChI=1S/C11H14N2O2.ClH/c1-15-8-4-5-9(12)10(6-8)13-11(14)7-2-3-7;/h4-7H,2-3,12H2,1H3,(H,13,14);1H. The summed E-state index contributed by atoms with van der Waals surface area (Å²) in [5.74, 6) is 0.917. The summed E-state index contributed by atoms with van der Waals surface area (Å²) in [5, 5.41) is 2.80. The number of nitrogens with one attached hydrogen (secondary N) is 1. The number of ether oxygens (including phenoxy) is 1. The summed E-state index contributed by atoms with van der Waals surface area (Å²) in [6.07, 6.45) is 1.96. The van der Waals surface area contributed by atoms with Crippen LogP contribution in [0.3, 0.4) is 0 Å². The third-order valence-electron chi connectivity index (χ3n) is 2.47. The molecule has 1 aromatic carbocycles. The molecule has 1 fully saturated rings. The molecule has 0 bridgehead atoms. The van der Waals surface area contributed by atoms with E-state index in [1.807, 2.05) is 0 Å². The average molecular weight is 243 g/mol. The second kappa shape index (κ2) is 5.07. The summed E-state index contributed by atoms with van der Waals surface area (Å²) in [6.45, 7) is 0. The first kappa shape index (κ1) is 12.6. The van der Waals surface area contributed by atoms with E-state index in [0.29, 0.717) is 17.1 Å². The molecule has 0 unspecified atom stereocenters. The van der Waals surface area contributed by atoms with Gasteiger partial charge in [0.15, 0.2) is 0 Å². The van der Waals surface area contributed by atoms with Crippen molar-refractivity contribution < 1.29 is 9.53 Å². The predicted molar refractivity (Wildman–Crippen MR) is 66.0 cm³/mol. The first-order valence-corrected chi connectivity index (χ1v) is 4.95. The number of nitrogen functional groups attached to an aromatic ring is 1. The van der Waals surface area contributed by atoms with Crippen molar-refractivity contribution in [1.82, 2.24) is 0 Å². The van der Waals surface area contributed by atoms with E-state index in [-0.39, 0.29) is 24.2 Å². The molecule has 4 nitrogen and oxygen atoms in total. The van der Waals surface area contributed by atoms with Gasteiger partial charge in [-0.15, -0.1) is 12.4 Å². The van der Waals surface area contributed by atoms with Crippen LogP contribution in [0.2, 0.25) is 0 Å². The van der Waals surface area contributed by atoms with Crippen LogP contribution in [-0.4, -0.2) is 13.0 Å². The van der Waals surface area contributed by atoms with E-state index in [9.17, 15) is 4.79 Å². The first-order chi connectivity index (χ1) is 7.20. The second-order valence-corrected chi connectivity index (χ2v) is 3.72. The minimum Gasteiger partial charge on any atom is -0.497 e. The third kappa shape index (κ3) is 2.79. The minimum atomic E-state index is 0. The summed E-state index contributed by atoms with van der Waals surface area (Å²) < 4.78 is 5.06. The number of halogens is 1. The number of amides is 1. The predicted octanol–water partition coefficient (Wildman–Crippen LogP) is 2.05. The van der Waals surface area contributed by atoms with E-state index in [4.69, 9.17) is 10.5 Å². The van der Waals surface area contributed by atoms with Gasteiger partial charge in [0.2, 0.25) is 5.91 Å². The number of methoxy groups -OCH3 is 1. The van der Waals surface area contributed by atoms with Crippen LogP contribution >= 0.6 is 12.4 Å². The van der Waals surface area contributed by atoms with E-state index in [2.05, 4.69) is 5.32 Å². The highest BCUT2D eigenvalue weighted by atomic mass is 35.5. The molecular weight excluding hydrogens is 228 g/mol. The third-order valence-corrected chi connectivity index (χ3v) is 2.47. The Kier molecular flexibility index (Phi) is 4.01. The molecule has 1 saturated carbocycles. The molecule has 0 atom stereocenters. The molecule has 0 aliphatic heterocycles. The molecule has 1 aliphatic carbocycles. The van der Waals surface area contributed by atoms with Gasteiger partial charge in [0.1, 0.15) is 5.75 Å². The summed E-state index contributed by atoms with van der Waals surface area (Å²) in [5.41, 5.74) is 6.93. The van der Waals surface area contributed by atoms with Gasteiger partial charge in [-0.05, 0) is 25.0 Å². The van der Waals surface area contributed by atoms with Gasteiger partial charge in [-0.25, -0.2) is 0 Å². The zero-order valence-electron chi connectivity index (χ0n) is 9.03. The van der Waals surface area contributed by atoms with E-state index < -0.39 is 0 Å². The molecule has 0 aromatic heterocycles. The van der Waals surface area contributed by atoms with Gasteiger partial charge < -0.3 is 15.8 Å². The van der Waals surface area contributed by atoms with Crippen LogP contribution in [0.5, 0.6) is 5.75 Å². The zero-order chi connectivity index (χ0) is 10.8. The van der Waals surface area contributed by atoms with Crippen LogP contribution < -0.4 is 15.8 Å². The first-order valence-electron chi connectivity index (χ1n) is 4.95. The maximum Gasteiger partial charge on any atom is 0.227 e. The second-order valence-electron chi connectivity index (χ2n) is 3.72. The number of carbonyl (C=O) groups excluding carboxylic acids is 1. The van der Waals surface area contributed by atoms with E-state index in [1.54, 1.807) is 25.3 Å². The van der Waals surface area contributed by atoms with Gasteiger partial charge in [0, 0.05) is 12.0 Å². The van der Waals surface area contributed by atoms with Crippen LogP contribution in [0.4, 0.5) is 11.4 Å². The van der Waals surface area contributed by atoms with Gasteiger partial charge in [-0.1, -0.05) is 0 Å². The van der Waals surface area contributed by atoms with Gasteiger partial charge in [-0.2, -0.15) is 0 Å². The SMILES string of the molecule is COc1ccc(N)c(NC(=O)C2CC2)c1.Cl. The minimum absolute atomic E-state index is 0. The van der Waals surface area contributed by atoms with Crippen LogP contribution in [0.1, 0.15) is 12.8 Å². The topological polar surface area (TPSA) is 64.3 Å². The molecule has 1 aromatic rings. The quantitative estimate of drug-likeness (QED) is 0.798. The van der Waals surface area contributed by atoms with Crippen molar-refractivity contribution in [3.05, 3.63) is 18.2 Å². The lowest BCUT2D eigenvalue weighted by atomic mass is 10.2. The van der Waals surface area contributed by atoms with Gasteiger partial charge in [0.25, 0.3) is 0 Å². The molecule has 16 heavy (non-hydrogen) atoms. The Bertz CT molecular complexity index is 392. The number of hydrogen-bond donors (Lipinski definition) is 2. The van der Waals surface area contributed by atoms with Crippen molar-refractivity contribution in [2.45, 2.75) is 12.8 Å². The number of rotatable bonds is 3. The lowest BCUT2D eigenvalue weighted by molar-refractivity contribution is -0.117. The fourth-order valence-corrected chi connectivity index (χ4v) is 1.35. The Labute approximate surface area is 101 Å². The Morgan fingerprint density at radius 3 is 2.75 bits per heavy atom. The van der Waals surface area contributed by atoms with Crippen LogP contribution in [-0.2, 0) is 4.79 Å². The molecule has 0 spiro atoms. The monoisotopic (exact) mass is 242 g/mol. The van der Waals surface area contributed by atoms with E-state index in [0.717, 1.165) is 12.8 Å². The molecule has 1 amide bonds. The van der Waals surface area contributed by atoms with Gasteiger partial charge in [0.05, 0.1) is 18.5 Å². The highest BCUT2D eigenvalue weighted by molar-refractivity contribution is 5.96. The van der Waals surface area contributed by atoms with Crippen molar-refractivity contribution in [1.29, 1.82) is 0 Å². The van der Waals surface area contributed by atoms with Gasteiger partial charge >= 0.3 is 0 Å². The lowest BCUT2D eigenvalue weighted by Crippen LogP contribution is -2.14. The number of hydrogen-bond acceptors (Lipinski definition) is 3. The fourth-order valence-electron chi connectivity index (χ4n) is 1.35. The molecule has 1 aliphatic rings. The van der Waals surface area contributed by atoms with Gasteiger partial charge in [-0.3, -0.25) is 4.79 Å². The highest BCUT2D eigenvalue weighted by Crippen LogP contribution is 2.32. The Hall–Kier alpha value is -1.42. The number of nitrogens with two attached hydrogens (primary N) is 1. The maximum atomic E-state index is 11.5. The Balaban J connectivity index is 0.00000128. The molecular formula is C11H15ClN2O2. The Morgan fingerprint density at radius 1 is 1.50 bits per heavy atom. The summed E-state index contributed by atoms with van der Waals surface area (Å²) in [6, 6.07) is 5.22. The van der Waals surface area contributed by atoms with Crippen molar-refractivity contribution in [2.24, 2.45) is 5.92 Å². The number of carbonyl (C=O) groups is 1. The molecule has 0 radical (unpaired) electrons. The number of benzene rings is 1. The smallest absolute Gasteiger partial charge is 0.227 e. The van der Waals surface area contributed by atoms with Crippen LogP contribution in [0.15, 0.2) is 18.2 Å². The Morgan fingerprint density at radius 2 is 2.19 bits per heavy atom. The maximum absolute atomic E-state index is 11.5. The van der Waals surface area contributed by atoms with Crippen LogP contribution in [0.25, 0.3) is 0 Å². The van der Waals surface area contributed by atoms with Crippen LogP contribution in [0, 0.1) is 5.92 Å².